The van der Waals surface area contributed by atoms with Gasteiger partial charge in [-0.1, -0.05) is 22.0 Å². The third-order valence-corrected chi connectivity index (χ3v) is 3.18. The first kappa shape index (κ1) is 8.38. The summed E-state index contributed by atoms with van der Waals surface area (Å²) in [5.74, 6) is 1.62. The van der Waals surface area contributed by atoms with E-state index < -0.39 is 0 Å². The summed E-state index contributed by atoms with van der Waals surface area (Å²) in [6, 6.07) is 3.93. The van der Waals surface area contributed by atoms with Crippen LogP contribution in [0.2, 0.25) is 0 Å². The largest absolute Gasteiger partial charge is 0.454 e. The zero-order chi connectivity index (χ0) is 8.55. The third-order valence-electron chi connectivity index (χ3n) is 1.70. The van der Waals surface area contributed by atoms with Crippen LogP contribution >= 0.6 is 31.9 Å². The van der Waals surface area contributed by atoms with Crippen molar-refractivity contribution in [3.8, 4) is 11.5 Å². The summed E-state index contributed by atoms with van der Waals surface area (Å²) in [5.41, 5.74) is 1.17. The van der Waals surface area contributed by atoms with Crippen molar-refractivity contribution < 1.29 is 9.47 Å². The van der Waals surface area contributed by atoms with Gasteiger partial charge in [-0.2, -0.15) is 0 Å². The maximum absolute atomic E-state index is 5.28. The van der Waals surface area contributed by atoms with Crippen LogP contribution in [-0.4, -0.2) is 6.79 Å². The molecule has 0 bridgehead atoms. The lowest BCUT2D eigenvalue weighted by molar-refractivity contribution is 0.173. The summed E-state index contributed by atoms with van der Waals surface area (Å²) in [5, 5.41) is 0.810. The topological polar surface area (TPSA) is 18.5 Å². The van der Waals surface area contributed by atoms with Crippen molar-refractivity contribution in [2.45, 2.75) is 5.33 Å². The normalized spacial score (nSPS) is 13.5. The Morgan fingerprint density at radius 2 is 2.17 bits per heavy atom. The van der Waals surface area contributed by atoms with Gasteiger partial charge >= 0.3 is 0 Å². The number of ether oxygens (including phenoxy) is 2. The minimum Gasteiger partial charge on any atom is -0.454 e. The number of rotatable bonds is 1. The van der Waals surface area contributed by atoms with E-state index >= 15 is 0 Å². The molecule has 0 N–H and O–H groups in total. The van der Waals surface area contributed by atoms with Crippen molar-refractivity contribution in [1.29, 1.82) is 0 Å². The maximum atomic E-state index is 5.28. The van der Waals surface area contributed by atoms with E-state index in [1.807, 2.05) is 12.1 Å². The Morgan fingerprint density at radius 1 is 1.33 bits per heavy atom. The molecule has 0 aliphatic carbocycles. The molecular formula is C8H6Br2O2. The van der Waals surface area contributed by atoms with E-state index in [0.717, 1.165) is 21.3 Å². The van der Waals surface area contributed by atoms with Crippen molar-refractivity contribution >= 4 is 31.9 Å². The Morgan fingerprint density at radius 3 is 2.92 bits per heavy atom. The molecule has 0 fully saturated rings. The van der Waals surface area contributed by atoms with Gasteiger partial charge in [-0.15, -0.1) is 0 Å². The molecule has 64 valence electrons. The molecule has 12 heavy (non-hydrogen) atoms. The van der Waals surface area contributed by atoms with Crippen LogP contribution in [0.1, 0.15) is 5.56 Å². The summed E-state index contributed by atoms with van der Waals surface area (Å²) in [4.78, 5) is 0. The fourth-order valence-electron chi connectivity index (χ4n) is 1.08. The van der Waals surface area contributed by atoms with Gasteiger partial charge in [0, 0.05) is 5.33 Å². The summed E-state index contributed by atoms with van der Waals surface area (Å²) < 4.78 is 11.5. The molecular weight excluding hydrogens is 288 g/mol. The number of fused-ring (bicyclic) bond motifs is 1. The molecule has 0 saturated carbocycles. The molecule has 0 unspecified atom stereocenters. The highest BCUT2D eigenvalue weighted by atomic mass is 79.9. The molecule has 0 atom stereocenters. The Bertz CT molecular complexity index is 312. The molecule has 1 aliphatic heterocycles. The molecule has 1 heterocycles. The Hall–Kier alpha value is -0.220. The Labute approximate surface area is 87.1 Å². The number of halogens is 2. The van der Waals surface area contributed by atoms with E-state index in [9.17, 15) is 0 Å². The molecule has 0 radical (unpaired) electrons. The monoisotopic (exact) mass is 292 g/mol. The standard InChI is InChI=1S/C8H6Br2O2/c9-3-5-1-2-6-8(7(5)10)12-4-11-6/h1-2H,3-4H2. The minimum atomic E-state index is 0.319. The average molecular weight is 294 g/mol. The fraction of sp³-hybridized carbons (Fsp3) is 0.250. The van der Waals surface area contributed by atoms with Crippen LogP contribution in [0.5, 0.6) is 11.5 Å². The SMILES string of the molecule is BrCc1ccc2c(c1Br)OCO2. The smallest absolute Gasteiger partial charge is 0.231 e. The van der Waals surface area contributed by atoms with E-state index in [2.05, 4.69) is 31.9 Å². The average Bonchev–Trinajstić information content (AvgIpc) is 2.53. The van der Waals surface area contributed by atoms with E-state index in [1.165, 1.54) is 5.56 Å². The van der Waals surface area contributed by atoms with Crippen LogP contribution in [-0.2, 0) is 5.33 Å². The number of benzene rings is 1. The van der Waals surface area contributed by atoms with Gasteiger partial charge in [0.2, 0.25) is 6.79 Å². The first-order valence-electron chi connectivity index (χ1n) is 3.46. The number of alkyl halides is 1. The quantitative estimate of drug-likeness (QED) is 0.741. The van der Waals surface area contributed by atoms with Crippen LogP contribution in [0.3, 0.4) is 0 Å². The summed E-state index contributed by atoms with van der Waals surface area (Å²) >= 11 is 6.85. The highest BCUT2D eigenvalue weighted by Gasteiger charge is 2.18. The fourth-order valence-corrected chi connectivity index (χ4v) is 2.51. The molecule has 2 nitrogen and oxygen atoms in total. The van der Waals surface area contributed by atoms with Crippen molar-refractivity contribution in [1.82, 2.24) is 0 Å². The number of hydrogen-bond acceptors (Lipinski definition) is 2. The van der Waals surface area contributed by atoms with Gasteiger partial charge in [-0.25, -0.2) is 0 Å². The third kappa shape index (κ3) is 1.23. The highest BCUT2D eigenvalue weighted by Crippen LogP contribution is 2.41. The van der Waals surface area contributed by atoms with Crippen molar-refractivity contribution in [2.75, 3.05) is 6.79 Å². The van der Waals surface area contributed by atoms with E-state index in [0.29, 0.717) is 6.79 Å². The van der Waals surface area contributed by atoms with Crippen LogP contribution in [0.25, 0.3) is 0 Å². The van der Waals surface area contributed by atoms with Gasteiger partial charge in [-0.05, 0) is 27.6 Å². The lowest BCUT2D eigenvalue weighted by Gasteiger charge is -2.03. The summed E-state index contributed by atoms with van der Waals surface area (Å²) in [7, 11) is 0. The van der Waals surface area contributed by atoms with E-state index in [4.69, 9.17) is 9.47 Å². The lowest BCUT2D eigenvalue weighted by Crippen LogP contribution is -1.93. The highest BCUT2D eigenvalue weighted by molar-refractivity contribution is 9.11. The summed E-state index contributed by atoms with van der Waals surface area (Å²) in [6.45, 7) is 0.319. The zero-order valence-corrected chi connectivity index (χ0v) is 9.31. The maximum Gasteiger partial charge on any atom is 0.231 e. The van der Waals surface area contributed by atoms with E-state index in [-0.39, 0.29) is 0 Å². The second-order valence-electron chi connectivity index (χ2n) is 2.41. The van der Waals surface area contributed by atoms with Gasteiger partial charge in [0.1, 0.15) is 0 Å². The van der Waals surface area contributed by atoms with Crippen LogP contribution in [0, 0.1) is 0 Å². The first-order chi connectivity index (χ1) is 5.83. The molecule has 0 aromatic heterocycles. The summed E-state index contributed by atoms with van der Waals surface area (Å²) in [6.07, 6.45) is 0. The van der Waals surface area contributed by atoms with Crippen LogP contribution < -0.4 is 9.47 Å². The Kier molecular flexibility index (Phi) is 2.28. The van der Waals surface area contributed by atoms with Gasteiger partial charge in [-0.3, -0.25) is 0 Å². The second-order valence-corrected chi connectivity index (χ2v) is 3.76. The minimum absolute atomic E-state index is 0.319. The molecule has 0 amide bonds. The molecule has 0 saturated heterocycles. The predicted molar refractivity (Wildman–Crippen MR) is 52.9 cm³/mol. The van der Waals surface area contributed by atoms with Crippen LogP contribution in [0.15, 0.2) is 16.6 Å². The molecule has 2 rings (SSSR count). The lowest BCUT2D eigenvalue weighted by atomic mass is 10.2. The van der Waals surface area contributed by atoms with Gasteiger partial charge < -0.3 is 9.47 Å². The number of hydrogen-bond donors (Lipinski definition) is 0. The molecule has 1 aromatic rings. The predicted octanol–water partition coefficient (Wildman–Crippen LogP) is 3.07. The van der Waals surface area contributed by atoms with Crippen molar-refractivity contribution in [3.05, 3.63) is 22.2 Å². The van der Waals surface area contributed by atoms with Gasteiger partial charge in [0.05, 0.1) is 4.47 Å². The Balaban J connectivity index is 2.54. The molecule has 1 aliphatic rings. The van der Waals surface area contributed by atoms with Crippen molar-refractivity contribution in [3.63, 3.8) is 0 Å². The zero-order valence-electron chi connectivity index (χ0n) is 6.14. The molecule has 0 spiro atoms. The molecule has 4 heteroatoms. The first-order valence-corrected chi connectivity index (χ1v) is 5.37. The van der Waals surface area contributed by atoms with Crippen LogP contribution in [0.4, 0.5) is 0 Å². The van der Waals surface area contributed by atoms with E-state index in [1.54, 1.807) is 0 Å². The van der Waals surface area contributed by atoms with Gasteiger partial charge in [0.15, 0.2) is 11.5 Å². The van der Waals surface area contributed by atoms with Crippen molar-refractivity contribution in [2.24, 2.45) is 0 Å². The second kappa shape index (κ2) is 3.26. The molecule has 1 aromatic carbocycles. The van der Waals surface area contributed by atoms with Gasteiger partial charge in [0.25, 0.3) is 0 Å².